The lowest BCUT2D eigenvalue weighted by atomic mass is 10.1. The van der Waals surface area contributed by atoms with E-state index in [2.05, 4.69) is 40.0 Å². The highest BCUT2D eigenvalue weighted by Crippen LogP contribution is 2.25. The van der Waals surface area contributed by atoms with Gasteiger partial charge >= 0.3 is 0 Å². The minimum absolute atomic E-state index is 0.0299. The van der Waals surface area contributed by atoms with Crippen LogP contribution in [0.5, 0.6) is 5.75 Å². The number of amides is 1. The van der Waals surface area contributed by atoms with Crippen LogP contribution in [0, 0.1) is 6.92 Å². The lowest BCUT2D eigenvalue weighted by Crippen LogP contribution is -2.37. The summed E-state index contributed by atoms with van der Waals surface area (Å²) < 4.78 is 10.6. The van der Waals surface area contributed by atoms with Crippen molar-refractivity contribution in [2.24, 2.45) is 0 Å². The molecule has 1 amide bonds. The first-order chi connectivity index (χ1) is 15.0. The Hall–Kier alpha value is -3.58. The molecule has 2 heterocycles. The number of benzene rings is 2. The van der Waals surface area contributed by atoms with Crippen molar-refractivity contribution in [1.82, 2.24) is 20.9 Å². The fourth-order valence-corrected chi connectivity index (χ4v) is 3.66. The monoisotopic (exact) mass is 418 g/mol. The highest BCUT2D eigenvalue weighted by atomic mass is 16.5. The molecule has 0 radical (unpaired) electrons. The largest absolute Gasteiger partial charge is 0.497 e. The van der Waals surface area contributed by atoms with E-state index in [1.54, 1.807) is 13.2 Å². The zero-order valence-corrected chi connectivity index (χ0v) is 18.1. The molecule has 7 nitrogen and oxygen atoms in total. The van der Waals surface area contributed by atoms with Gasteiger partial charge in [-0.05, 0) is 44.0 Å². The molecule has 1 aliphatic heterocycles. The Bertz CT molecular complexity index is 1140. The molecule has 3 aromatic rings. The predicted octanol–water partition coefficient (Wildman–Crippen LogP) is 4.03. The number of aromatic nitrogens is 1. The number of carbonyl (C=O) groups excluding carboxylic acids is 1. The average Bonchev–Trinajstić information content (AvgIpc) is 3.37. The number of nitrogens with one attached hydrogen (secondary N) is 2. The fourth-order valence-electron chi connectivity index (χ4n) is 3.66. The highest BCUT2D eigenvalue weighted by Gasteiger charge is 2.28. The summed E-state index contributed by atoms with van der Waals surface area (Å²) in [5.74, 6) is 0.910. The van der Waals surface area contributed by atoms with Crippen molar-refractivity contribution in [3.8, 4) is 17.1 Å². The van der Waals surface area contributed by atoms with E-state index in [1.165, 1.54) is 11.1 Å². The second-order valence-corrected chi connectivity index (χ2v) is 7.62. The molecule has 0 saturated heterocycles. The van der Waals surface area contributed by atoms with Gasteiger partial charge in [0.15, 0.2) is 11.5 Å². The molecule has 0 bridgehead atoms. The van der Waals surface area contributed by atoms with Crippen LogP contribution < -0.4 is 15.5 Å². The van der Waals surface area contributed by atoms with Gasteiger partial charge in [-0.3, -0.25) is 4.79 Å². The molecule has 160 valence electrons. The molecule has 31 heavy (non-hydrogen) atoms. The highest BCUT2D eigenvalue weighted by molar-refractivity contribution is 5.94. The first-order valence-electron chi connectivity index (χ1n) is 10.2. The van der Waals surface area contributed by atoms with Crippen LogP contribution in [0.25, 0.3) is 11.3 Å². The molecule has 1 aromatic heterocycles. The van der Waals surface area contributed by atoms with E-state index in [9.17, 15) is 4.79 Å². The van der Waals surface area contributed by atoms with Gasteiger partial charge in [0.1, 0.15) is 5.75 Å². The van der Waals surface area contributed by atoms with E-state index in [4.69, 9.17) is 9.26 Å². The maximum Gasteiger partial charge on any atom is 0.277 e. The van der Waals surface area contributed by atoms with Gasteiger partial charge in [0.05, 0.1) is 25.4 Å². The van der Waals surface area contributed by atoms with Crippen molar-refractivity contribution >= 4 is 5.91 Å². The molecule has 2 aromatic carbocycles. The summed E-state index contributed by atoms with van der Waals surface area (Å²) in [7, 11) is 1.60. The van der Waals surface area contributed by atoms with E-state index in [0.29, 0.717) is 18.1 Å². The Morgan fingerprint density at radius 3 is 2.77 bits per heavy atom. The van der Waals surface area contributed by atoms with Crippen LogP contribution in [0.2, 0.25) is 0 Å². The van der Waals surface area contributed by atoms with E-state index < -0.39 is 0 Å². The van der Waals surface area contributed by atoms with Crippen molar-refractivity contribution in [1.29, 1.82) is 0 Å². The first kappa shape index (κ1) is 20.7. The topological polar surface area (TPSA) is 79.6 Å². The molecule has 1 atom stereocenters. The quantitative estimate of drug-likeness (QED) is 0.629. The number of ether oxygens (including phenoxy) is 1. The van der Waals surface area contributed by atoms with Gasteiger partial charge in [-0.15, -0.1) is 0 Å². The van der Waals surface area contributed by atoms with Gasteiger partial charge < -0.3 is 19.6 Å². The molecule has 0 unspecified atom stereocenters. The molecule has 0 aliphatic carbocycles. The standard InChI is InChI=1S/C24H26N4O3/c1-15-8-5-6-9-19(15)14-28-17(3)23(16(2)26-28)25-24(29)21-13-22(31-27-21)18-10-7-11-20(12-18)30-4/h5-13,16,26H,14H2,1-4H3,(H,25,29)/t16-/m1/s1. The SMILES string of the molecule is COc1cccc(-c2cc(C(=O)NC3=C(C)N(Cc4ccccc4C)N[C@@H]3C)no2)c1. The summed E-state index contributed by atoms with van der Waals surface area (Å²) in [6.07, 6.45) is 0. The van der Waals surface area contributed by atoms with Gasteiger partial charge in [-0.1, -0.05) is 41.6 Å². The summed E-state index contributed by atoms with van der Waals surface area (Å²) in [6, 6.07) is 17.3. The molecule has 0 fully saturated rings. The summed E-state index contributed by atoms with van der Waals surface area (Å²) in [4.78, 5) is 12.8. The molecule has 0 saturated carbocycles. The predicted molar refractivity (Wildman–Crippen MR) is 118 cm³/mol. The Labute approximate surface area is 181 Å². The second-order valence-electron chi connectivity index (χ2n) is 7.62. The summed E-state index contributed by atoms with van der Waals surface area (Å²) in [6.45, 7) is 6.82. The number of methoxy groups -OCH3 is 1. The minimum atomic E-state index is -0.307. The summed E-state index contributed by atoms with van der Waals surface area (Å²) in [5, 5.41) is 9.02. The number of allylic oxidation sites excluding steroid dienone is 1. The fraction of sp³-hybridized carbons (Fsp3) is 0.250. The van der Waals surface area contributed by atoms with Gasteiger partial charge in [0, 0.05) is 17.3 Å². The van der Waals surface area contributed by atoms with Gasteiger partial charge in [-0.25, -0.2) is 5.43 Å². The van der Waals surface area contributed by atoms with Crippen LogP contribution in [0.4, 0.5) is 0 Å². The number of nitrogens with zero attached hydrogens (tertiary/aromatic N) is 2. The van der Waals surface area contributed by atoms with Crippen molar-refractivity contribution in [3.63, 3.8) is 0 Å². The average molecular weight is 418 g/mol. The van der Waals surface area contributed by atoms with Crippen LogP contribution in [-0.4, -0.2) is 29.2 Å². The number of hydrazine groups is 1. The molecule has 4 rings (SSSR count). The molecular weight excluding hydrogens is 392 g/mol. The third kappa shape index (κ3) is 4.32. The third-order valence-corrected chi connectivity index (χ3v) is 5.51. The molecule has 1 aliphatic rings. The van der Waals surface area contributed by atoms with Crippen LogP contribution in [0.1, 0.15) is 35.5 Å². The van der Waals surface area contributed by atoms with E-state index in [-0.39, 0.29) is 17.6 Å². The van der Waals surface area contributed by atoms with Crippen molar-refractivity contribution < 1.29 is 14.1 Å². The summed E-state index contributed by atoms with van der Waals surface area (Å²) >= 11 is 0. The number of hydrogen-bond acceptors (Lipinski definition) is 6. The van der Waals surface area contributed by atoms with Crippen LogP contribution >= 0.6 is 0 Å². The Morgan fingerprint density at radius 2 is 2.00 bits per heavy atom. The Balaban J connectivity index is 1.49. The van der Waals surface area contributed by atoms with Crippen molar-refractivity contribution in [3.05, 3.63) is 82.8 Å². The van der Waals surface area contributed by atoms with Gasteiger partial charge in [0.25, 0.3) is 5.91 Å². The normalized spacial score (nSPS) is 16.0. The summed E-state index contributed by atoms with van der Waals surface area (Å²) in [5.41, 5.74) is 8.69. The smallest absolute Gasteiger partial charge is 0.277 e. The third-order valence-electron chi connectivity index (χ3n) is 5.51. The minimum Gasteiger partial charge on any atom is -0.497 e. The second kappa shape index (κ2) is 8.65. The Kier molecular flexibility index (Phi) is 5.77. The zero-order valence-electron chi connectivity index (χ0n) is 18.1. The molecule has 0 spiro atoms. The first-order valence-corrected chi connectivity index (χ1v) is 10.2. The van der Waals surface area contributed by atoms with Crippen LogP contribution in [-0.2, 0) is 6.54 Å². The molecule has 7 heteroatoms. The number of aryl methyl sites for hydroxylation is 1. The van der Waals surface area contributed by atoms with Crippen molar-refractivity contribution in [2.75, 3.05) is 7.11 Å². The lowest BCUT2D eigenvalue weighted by molar-refractivity contribution is 0.0954. The maximum atomic E-state index is 12.8. The van der Waals surface area contributed by atoms with Crippen molar-refractivity contribution in [2.45, 2.75) is 33.4 Å². The number of hydrogen-bond donors (Lipinski definition) is 2. The lowest BCUT2D eigenvalue weighted by Gasteiger charge is -2.22. The zero-order chi connectivity index (χ0) is 22.0. The van der Waals surface area contributed by atoms with E-state index in [0.717, 1.165) is 17.0 Å². The molecular formula is C24H26N4O3. The number of carbonyl (C=O) groups is 1. The van der Waals surface area contributed by atoms with Crippen LogP contribution in [0.3, 0.4) is 0 Å². The van der Waals surface area contributed by atoms with E-state index in [1.807, 2.05) is 50.2 Å². The maximum absolute atomic E-state index is 12.8. The Morgan fingerprint density at radius 1 is 1.19 bits per heavy atom. The number of rotatable bonds is 6. The van der Waals surface area contributed by atoms with Gasteiger partial charge in [-0.2, -0.15) is 0 Å². The van der Waals surface area contributed by atoms with Gasteiger partial charge in [0.2, 0.25) is 0 Å². The van der Waals surface area contributed by atoms with E-state index >= 15 is 0 Å². The van der Waals surface area contributed by atoms with Crippen LogP contribution in [0.15, 0.2) is 70.5 Å². The molecule has 2 N–H and O–H groups in total.